The van der Waals surface area contributed by atoms with Gasteiger partial charge < -0.3 is 11.4 Å². The van der Waals surface area contributed by atoms with Crippen LogP contribution in [0.4, 0.5) is 0 Å². The van der Waals surface area contributed by atoms with Crippen molar-refractivity contribution in [3.63, 3.8) is 0 Å². The van der Waals surface area contributed by atoms with Crippen LogP contribution in [0.25, 0.3) is 32.7 Å². The van der Waals surface area contributed by atoms with E-state index < -0.39 is 15.1 Å². The molecule has 6 aromatic rings. The highest BCUT2D eigenvalue weighted by molar-refractivity contribution is 6.40. The summed E-state index contributed by atoms with van der Waals surface area (Å²) in [4.78, 5) is 13.5. The topological polar surface area (TPSA) is 66.4 Å². The number of hydrogen-bond acceptors (Lipinski definition) is 6. The Bertz CT molecular complexity index is 1420. The van der Waals surface area contributed by atoms with Gasteiger partial charge in [-0.3, -0.25) is 15.0 Å². The molecule has 176 valence electrons. The molecule has 0 aliphatic rings. The molecule has 0 amide bonds. The van der Waals surface area contributed by atoms with E-state index in [1.807, 2.05) is 105 Å². The third-order valence-corrected chi connectivity index (χ3v) is 6.80. The van der Waals surface area contributed by atoms with Gasteiger partial charge in [-0.25, -0.2) is 0 Å². The van der Waals surface area contributed by atoms with Gasteiger partial charge in [-0.1, -0.05) is 68.4 Å². The first-order valence-electron chi connectivity index (χ1n) is 11.9. The van der Waals surface area contributed by atoms with E-state index in [4.69, 9.17) is 11.4 Å². The molecule has 0 bridgehead atoms. The van der Waals surface area contributed by atoms with E-state index in [0.717, 1.165) is 32.7 Å². The molecule has 6 rings (SSSR count). The number of hydrogen-bond donors (Lipinski definition) is 0. The molecule has 0 aliphatic heterocycles. The van der Waals surface area contributed by atoms with Gasteiger partial charge in [0, 0.05) is 34.7 Å². The van der Waals surface area contributed by atoms with Crippen LogP contribution in [-0.4, -0.2) is 30.1 Å². The number of benzene rings is 3. The molecule has 0 atom stereocenters. The summed E-state index contributed by atoms with van der Waals surface area (Å²) >= 11 is -2.86. The third-order valence-electron chi connectivity index (χ3n) is 5.46. The molecule has 3 heterocycles. The van der Waals surface area contributed by atoms with Crippen LogP contribution < -0.4 is 11.4 Å². The molecule has 0 saturated heterocycles. The van der Waals surface area contributed by atoms with Gasteiger partial charge in [-0.2, -0.15) is 0 Å². The van der Waals surface area contributed by atoms with Crippen LogP contribution in [-0.2, 0) is 0 Å². The van der Waals surface area contributed by atoms with Crippen LogP contribution in [0.2, 0.25) is 0 Å². The van der Waals surface area contributed by atoms with Crippen molar-refractivity contribution in [1.29, 1.82) is 0 Å². The SMILES string of the molecule is CC.c1cnc2c([O][Al]([O]c3cccc4cccnc34)[O]c3cccc4cccnc34)cccc2c1. The van der Waals surface area contributed by atoms with Crippen LogP contribution >= 0.6 is 0 Å². The second kappa shape index (κ2) is 11.0. The van der Waals surface area contributed by atoms with Gasteiger partial charge >= 0.3 is 15.1 Å². The molecule has 0 spiro atoms. The Morgan fingerprint density at radius 3 is 1.08 bits per heavy atom. The monoisotopic (exact) mass is 489 g/mol. The van der Waals surface area contributed by atoms with Crippen LogP contribution in [0.5, 0.6) is 17.2 Å². The zero-order valence-electron chi connectivity index (χ0n) is 20.0. The van der Waals surface area contributed by atoms with E-state index in [1.165, 1.54) is 0 Å². The molecule has 0 radical (unpaired) electrons. The smallest absolute Gasteiger partial charge is 0.576 e. The standard InChI is InChI=1S/3C9H7NO.C2H6.Al/c3*11-8-5-1-3-7-4-2-6-10-9(7)8;1-2;/h3*1-6,11H;1-2H3;/q;;;;+3/p-3. The van der Waals surface area contributed by atoms with E-state index in [-0.39, 0.29) is 0 Å². The van der Waals surface area contributed by atoms with Crippen molar-refractivity contribution in [2.75, 3.05) is 0 Å². The Labute approximate surface area is 214 Å². The summed E-state index contributed by atoms with van der Waals surface area (Å²) in [6, 6.07) is 29.1. The predicted octanol–water partition coefficient (Wildman–Crippen LogP) is 6.88. The zero-order chi connectivity index (χ0) is 24.7. The highest BCUT2D eigenvalue weighted by atomic mass is 27.3. The Morgan fingerprint density at radius 2 is 0.750 bits per heavy atom. The van der Waals surface area contributed by atoms with Gasteiger partial charge in [0.15, 0.2) is 0 Å². The quantitative estimate of drug-likeness (QED) is 0.238. The summed E-state index contributed by atoms with van der Waals surface area (Å²) in [7, 11) is 0. The average molecular weight is 490 g/mol. The second-order valence-electron chi connectivity index (χ2n) is 7.64. The van der Waals surface area contributed by atoms with E-state index in [0.29, 0.717) is 17.2 Å². The number of rotatable bonds is 6. The molecule has 36 heavy (non-hydrogen) atoms. The van der Waals surface area contributed by atoms with Gasteiger partial charge in [0.1, 0.15) is 33.8 Å². The summed E-state index contributed by atoms with van der Waals surface area (Å²) in [5.74, 6) is 1.82. The van der Waals surface area contributed by atoms with Gasteiger partial charge in [0.05, 0.1) is 0 Å². The largest absolute Gasteiger partial charge is 1.20 e. The fraction of sp³-hybridized carbons (Fsp3) is 0.0690. The molecule has 0 saturated carbocycles. The lowest BCUT2D eigenvalue weighted by Crippen LogP contribution is -2.37. The minimum Gasteiger partial charge on any atom is -0.576 e. The van der Waals surface area contributed by atoms with Crippen molar-refractivity contribution in [2.24, 2.45) is 0 Å². The molecular weight excluding hydrogens is 465 g/mol. The molecule has 0 aliphatic carbocycles. The Hall–Kier alpha value is -4.18. The first-order valence-corrected chi connectivity index (χ1v) is 13.3. The number of para-hydroxylation sites is 3. The number of fused-ring (bicyclic) bond motifs is 3. The van der Waals surface area contributed by atoms with E-state index in [1.54, 1.807) is 18.6 Å². The van der Waals surface area contributed by atoms with Gasteiger partial charge in [0.25, 0.3) is 0 Å². The maximum atomic E-state index is 6.41. The van der Waals surface area contributed by atoms with E-state index >= 15 is 0 Å². The Kier molecular flexibility index (Phi) is 7.23. The molecule has 0 unspecified atom stereocenters. The van der Waals surface area contributed by atoms with Crippen molar-refractivity contribution in [3.05, 3.63) is 110 Å². The fourth-order valence-corrected chi connectivity index (χ4v) is 5.23. The number of pyridine rings is 3. The molecule has 7 heteroatoms. The Morgan fingerprint density at radius 1 is 0.444 bits per heavy atom. The predicted molar refractivity (Wildman–Crippen MR) is 144 cm³/mol. The normalized spacial score (nSPS) is 10.5. The van der Waals surface area contributed by atoms with Crippen molar-refractivity contribution >= 4 is 47.9 Å². The maximum absolute atomic E-state index is 6.41. The van der Waals surface area contributed by atoms with Crippen molar-refractivity contribution in [2.45, 2.75) is 13.8 Å². The molecule has 6 nitrogen and oxygen atoms in total. The molecular formula is C29H24AlN3O3. The van der Waals surface area contributed by atoms with Gasteiger partial charge in [0.2, 0.25) is 0 Å². The average Bonchev–Trinajstić information content (AvgIpc) is 2.95. The summed E-state index contributed by atoms with van der Waals surface area (Å²) in [6.45, 7) is 4.00. The lowest BCUT2D eigenvalue weighted by molar-refractivity contribution is 0.311. The van der Waals surface area contributed by atoms with Crippen molar-refractivity contribution < 1.29 is 11.4 Å². The second-order valence-corrected chi connectivity index (χ2v) is 8.92. The van der Waals surface area contributed by atoms with E-state index in [2.05, 4.69) is 15.0 Å². The minimum atomic E-state index is -2.86. The lowest BCUT2D eigenvalue weighted by Gasteiger charge is -2.18. The fourth-order valence-electron chi connectivity index (χ4n) is 3.90. The van der Waals surface area contributed by atoms with Crippen molar-refractivity contribution in [3.8, 4) is 17.2 Å². The van der Waals surface area contributed by atoms with Gasteiger partial charge in [-0.15, -0.1) is 0 Å². The summed E-state index contributed by atoms with van der Waals surface area (Å²) in [5.41, 5.74) is 2.25. The maximum Gasteiger partial charge on any atom is 1.20 e. The van der Waals surface area contributed by atoms with Crippen LogP contribution in [0.1, 0.15) is 13.8 Å². The highest BCUT2D eigenvalue weighted by Gasteiger charge is 2.45. The molecule has 0 fully saturated rings. The summed E-state index contributed by atoms with van der Waals surface area (Å²) in [5, 5.41) is 2.93. The van der Waals surface area contributed by atoms with E-state index in [9.17, 15) is 0 Å². The van der Waals surface area contributed by atoms with Crippen LogP contribution in [0.3, 0.4) is 0 Å². The zero-order valence-corrected chi connectivity index (χ0v) is 21.2. The Balaban J connectivity index is 0.00000130. The molecule has 3 aromatic carbocycles. The highest BCUT2D eigenvalue weighted by Crippen LogP contribution is 2.29. The molecule has 0 N–H and O–H groups in total. The van der Waals surface area contributed by atoms with Gasteiger partial charge in [-0.05, 0) is 36.4 Å². The third kappa shape index (κ3) is 4.94. The van der Waals surface area contributed by atoms with Crippen molar-refractivity contribution in [1.82, 2.24) is 15.0 Å². The van der Waals surface area contributed by atoms with Crippen LogP contribution in [0.15, 0.2) is 110 Å². The lowest BCUT2D eigenvalue weighted by atomic mass is 10.2. The summed E-state index contributed by atoms with van der Waals surface area (Å²) in [6.07, 6.45) is 5.24. The first kappa shape index (κ1) is 23.6. The summed E-state index contributed by atoms with van der Waals surface area (Å²) < 4.78 is 19.2. The van der Waals surface area contributed by atoms with Crippen LogP contribution in [0, 0.1) is 0 Å². The minimum absolute atomic E-state index is 0.608. The molecule has 3 aromatic heterocycles. The number of aromatic nitrogens is 3. The first-order chi connectivity index (χ1) is 17.8. The number of nitrogens with zero attached hydrogens (tertiary/aromatic N) is 3.